The monoisotopic (exact) mass is 475 g/mol. The van der Waals surface area contributed by atoms with Crippen LogP contribution in [0, 0.1) is 32.4 Å². The van der Waals surface area contributed by atoms with E-state index >= 15 is 0 Å². The van der Waals surface area contributed by atoms with Gasteiger partial charge in [-0.05, 0) is 56.2 Å². The number of anilines is 1. The van der Waals surface area contributed by atoms with E-state index in [1.54, 1.807) is 17.7 Å². The molecule has 5 aromatic rings. The normalized spacial score (nSPS) is 11.2. The fraction of sp³-hybridized carbons (Fsp3) is 0.125. The van der Waals surface area contributed by atoms with Crippen LogP contribution in [0.25, 0.3) is 22.7 Å². The summed E-state index contributed by atoms with van der Waals surface area (Å²) in [6, 6.07) is 10.1. The van der Waals surface area contributed by atoms with E-state index in [1.807, 2.05) is 32.0 Å². The minimum absolute atomic E-state index is 0.0447. The molecule has 0 atom stereocenters. The fourth-order valence-corrected chi connectivity index (χ4v) is 3.72. The minimum atomic E-state index is -1.14. The van der Waals surface area contributed by atoms with Crippen LogP contribution in [-0.2, 0) is 0 Å². The van der Waals surface area contributed by atoms with Crippen LogP contribution in [0.5, 0.6) is 0 Å². The Labute approximate surface area is 197 Å². The van der Waals surface area contributed by atoms with Crippen molar-refractivity contribution in [3.05, 3.63) is 93.0 Å². The van der Waals surface area contributed by atoms with E-state index < -0.39 is 23.1 Å². The number of aryl methyl sites for hydroxylation is 2. The average Bonchev–Trinajstić information content (AvgIpc) is 3.41. The van der Waals surface area contributed by atoms with E-state index in [4.69, 9.17) is 0 Å². The molecule has 2 aromatic carbocycles. The molecule has 0 aliphatic heterocycles. The van der Waals surface area contributed by atoms with Gasteiger partial charge in [0.2, 0.25) is 5.95 Å². The van der Waals surface area contributed by atoms with Gasteiger partial charge in [-0.15, -0.1) is 0 Å². The summed E-state index contributed by atoms with van der Waals surface area (Å²) < 4.78 is 29.7. The Bertz CT molecular complexity index is 1680. The van der Waals surface area contributed by atoms with Crippen molar-refractivity contribution >= 4 is 22.8 Å². The van der Waals surface area contributed by atoms with E-state index in [1.165, 1.54) is 10.9 Å². The third kappa shape index (κ3) is 3.86. The quantitative estimate of drug-likeness (QED) is 0.411. The first-order chi connectivity index (χ1) is 16.7. The van der Waals surface area contributed by atoms with Crippen molar-refractivity contribution in [3.8, 4) is 11.6 Å². The molecule has 176 valence electrons. The second kappa shape index (κ2) is 8.28. The molecule has 0 fully saturated rings. The highest BCUT2D eigenvalue weighted by atomic mass is 19.2. The van der Waals surface area contributed by atoms with Crippen molar-refractivity contribution in [2.75, 3.05) is 5.32 Å². The average molecular weight is 475 g/mol. The zero-order valence-corrected chi connectivity index (χ0v) is 18.9. The molecule has 0 bridgehead atoms. The number of aromatic nitrogens is 6. The first kappa shape index (κ1) is 22.1. The number of nitrogens with one attached hydrogen (secondary N) is 2. The van der Waals surface area contributed by atoms with E-state index in [2.05, 4.69) is 25.5 Å². The van der Waals surface area contributed by atoms with Gasteiger partial charge in [0.1, 0.15) is 11.2 Å². The van der Waals surface area contributed by atoms with Crippen LogP contribution < -0.4 is 10.9 Å². The Morgan fingerprint density at radius 3 is 2.60 bits per heavy atom. The second-order valence-electron chi connectivity index (χ2n) is 8.07. The number of hydrogen-bond acceptors (Lipinski definition) is 5. The maximum atomic E-state index is 13.6. The number of nitrogens with zero attached hydrogens (tertiary/aromatic N) is 5. The number of aromatic amines is 1. The van der Waals surface area contributed by atoms with E-state index in [0.717, 1.165) is 35.0 Å². The van der Waals surface area contributed by atoms with E-state index in [-0.39, 0.29) is 22.7 Å². The van der Waals surface area contributed by atoms with Gasteiger partial charge in [0.15, 0.2) is 17.3 Å². The number of carbonyl (C=O) groups excluding carboxylic acids is 1. The number of rotatable bonds is 4. The molecular weight excluding hydrogens is 456 g/mol. The van der Waals surface area contributed by atoms with Gasteiger partial charge in [0, 0.05) is 11.6 Å². The first-order valence-electron chi connectivity index (χ1n) is 10.6. The SMILES string of the molecule is Cc1cc(NC(=O)c2ccc(F)c(F)c2)n(-c2nc3c(cnn3-c3cccc(C)c3C)c(=O)[nH]2)n1. The summed E-state index contributed by atoms with van der Waals surface area (Å²) >= 11 is 0. The lowest BCUT2D eigenvalue weighted by molar-refractivity contribution is 0.102. The largest absolute Gasteiger partial charge is 0.306 e. The Kier molecular flexibility index (Phi) is 5.24. The summed E-state index contributed by atoms with van der Waals surface area (Å²) in [7, 11) is 0. The highest BCUT2D eigenvalue weighted by Crippen LogP contribution is 2.22. The predicted molar refractivity (Wildman–Crippen MR) is 125 cm³/mol. The predicted octanol–water partition coefficient (Wildman–Crippen LogP) is 3.75. The molecule has 9 nitrogen and oxygen atoms in total. The van der Waals surface area contributed by atoms with Gasteiger partial charge < -0.3 is 5.32 Å². The molecule has 35 heavy (non-hydrogen) atoms. The van der Waals surface area contributed by atoms with E-state index in [9.17, 15) is 18.4 Å². The van der Waals surface area contributed by atoms with Gasteiger partial charge in [-0.25, -0.2) is 13.5 Å². The molecular formula is C24H19F2N7O2. The van der Waals surface area contributed by atoms with Crippen molar-refractivity contribution in [2.45, 2.75) is 20.8 Å². The Morgan fingerprint density at radius 1 is 1.03 bits per heavy atom. The number of amides is 1. The van der Waals surface area contributed by atoms with Crippen molar-refractivity contribution in [2.24, 2.45) is 0 Å². The zero-order valence-electron chi connectivity index (χ0n) is 18.9. The fourth-order valence-electron chi connectivity index (χ4n) is 3.72. The Morgan fingerprint density at radius 2 is 1.83 bits per heavy atom. The van der Waals surface area contributed by atoms with Crippen molar-refractivity contribution in [3.63, 3.8) is 0 Å². The molecule has 0 aliphatic carbocycles. The van der Waals surface area contributed by atoms with Crippen molar-refractivity contribution < 1.29 is 13.6 Å². The number of halogens is 2. The summed E-state index contributed by atoms with van der Waals surface area (Å²) in [5.41, 5.74) is 3.12. The first-order valence-corrected chi connectivity index (χ1v) is 10.6. The van der Waals surface area contributed by atoms with Crippen LogP contribution in [0.4, 0.5) is 14.6 Å². The summed E-state index contributed by atoms with van der Waals surface area (Å²) in [6.07, 6.45) is 1.44. The van der Waals surface area contributed by atoms with Crippen LogP contribution in [0.15, 0.2) is 53.5 Å². The van der Waals surface area contributed by atoms with Gasteiger partial charge in [-0.3, -0.25) is 14.6 Å². The minimum Gasteiger partial charge on any atom is -0.306 e. The molecule has 0 saturated carbocycles. The van der Waals surface area contributed by atoms with Crippen LogP contribution in [0.2, 0.25) is 0 Å². The molecule has 0 saturated heterocycles. The molecule has 0 spiro atoms. The molecule has 0 radical (unpaired) electrons. The van der Waals surface area contributed by atoms with Gasteiger partial charge in [-0.1, -0.05) is 12.1 Å². The maximum absolute atomic E-state index is 13.6. The number of benzene rings is 2. The topological polar surface area (TPSA) is 110 Å². The standard InChI is InChI=1S/C24H19F2N7O2/c1-12-5-4-6-19(14(12)3)32-21-16(11-27-32)23(35)30-24(29-21)33-20(9-13(2)31-33)28-22(34)15-7-8-17(25)18(26)10-15/h4-11H,1-3H3,(H,28,34)(H,29,30,35). The third-order valence-corrected chi connectivity index (χ3v) is 5.69. The van der Waals surface area contributed by atoms with Crippen LogP contribution in [0.1, 0.15) is 27.2 Å². The number of fused-ring (bicyclic) bond motifs is 1. The molecule has 3 heterocycles. The third-order valence-electron chi connectivity index (χ3n) is 5.69. The second-order valence-corrected chi connectivity index (χ2v) is 8.07. The lowest BCUT2D eigenvalue weighted by atomic mass is 10.1. The van der Waals surface area contributed by atoms with Gasteiger partial charge in [0.25, 0.3) is 11.5 Å². The van der Waals surface area contributed by atoms with E-state index in [0.29, 0.717) is 11.3 Å². The summed E-state index contributed by atoms with van der Waals surface area (Å²) in [5.74, 6) is -2.66. The smallest absolute Gasteiger partial charge is 0.263 e. The summed E-state index contributed by atoms with van der Waals surface area (Å²) in [6.45, 7) is 5.63. The molecule has 0 unspecified atom stereocenters. The lowest BCUT2D eigenvalue weighted by Crippen LogP contribution is -2.19. The Hall–Kier alpha value is -4.67. The molecule has 2 N–H and O–H groups in total. The van der Waals surface area contributed by atoms with Gasteiger partial charge in [0.05, 0.1) is 17.6 Å². The molecule has 11 heteroatoms. The maximum Gasteiger partial charge on any atom is 0.263 e. The molecule has 3 aromatic heterocycles. The van der Waals surface area contributed by atoms with Crippen LogP contribution in [0.3, 0.4) is 0 Å². The number of H-pyrrole nitrogens is 1. The molecule has 5 rings (SSSR count). The number of carbonyl (C=O) groups is 1. The number of hydrogen-bond donors (Lipinski definition) is 2. The van der Waals surface area contributed by atoms with Gasteiger partial charge >= 0.3 is 0 Å². The van der Waals surface area contributed by atoms with Crippen molar-refractivity contribution in [1.29, 1.82) is 0 Å². The molecule has 0 aliphatic rings. The zero-order chi connectivity index (χ0) is 24.9. The van der Waals surface area contributed by atoms with Crippen molar-refractivity contribution in [1.82, 2.24) is 29.5 Å². The highest BCUT2D eigenvalue weighted by molar-refractivity contribution is 6.04. The Balaban J connectivity index is 1.60. The van der Waals surface area contributed by atoms with Crippen LogP contribution >= 0.6 is 0 Å². The molecule has 1 amide bonds. The summed E-state index contributed by atoms with van der Waals surface area (Å²) in [4.78, 5) is 32.8. The lowest BCUT2D eigenvalue weighted by Gasteiger charge is -2.11. The highest BCUT2D eigenvalue weighted by Gasteiger charge is 2.19. The van der Waals surface area contributed by atoms with Gasteiger partial charge in [-0.2, -0.15) is 19.9 Å². The van der Waals surface area contributed by atoms with Crippen LogP contribution in [-0.4, -0.2) is 35.4 Å². The summed E-state index contributed by atoms with van der Waals surface area (Å²) in [5, 5.41) is 11.6.